The second kappa shape index (κ2) is 9.23. The first-order chi connectivity index (χ1) is 10.0. The van der Waals surface area contributed by atoms with Crippen LogP contribution >= 0.6 is 11.8 Å². The summed E-state index contributed by atoms with van der Waals surface area (Å²) < 4.78 is 0. The molecule has 1 saturated carbocycles. The number of rotatable bonds is 8. The maximum absolute atomic E-state index is 12.4. The maximum Gasteiger partial charge on any atom is 0.149 e. The number of nitrogens with zero attached hydrogens (tertiary/aromatic N) is 1. The van der Waals surface area contributed by atoms with E-state index in [4.69, 9.17) is 4.84 Å². The van der Waals surface area contributed by atoms with Crippen molar-refractivity contribution >= 4 is 29.0 Å². The van der Waals surface area contributed by atoms with Crippen LogP contribution in [0, 0.1) is 11.8 Å². The Morgan fingerprint density at radius 3 is 2.38 bits per heavy atom. The van der Waals surface area contributed by atoms with Crippen molar-refractivity contribution in [2.45, 2.75) is 58.6 Å². The van der Waals surface area contributed by atoms with Crippen molar-refractivity contribution in [2.24, 2.45) is 17.0 Å². The lowest BCUT2D eigenvalue weighted by molar-refractivity contribution is -0.134. The lowest BCUT2D eigenvalue weighted by atomic mass is 9.76. The second-order valence-electron chi connectivity index (χ2n) is 5.50. The van der Waals surface area contributed by atoms with E-state index in [1.165, 1.54) is 0 Å². The van der Waals surface area contributed by atoms with Gasteiger partial charge in [-0.3, -0.25) is 9.59 Å². The summed E-state index contributed by atoms with van der Waals surface area (Å²) in [4.78, 5) is 29.7. The van der Waals surface area contributed by atoms with Crippen molar-refractivity contribution < 1.29 is 14.4 Å². The smallest absolute Gasteiger partial charge is 0.149 e. The fourth-order valence-corrected chi connectivity index (χ4v) is 3.86. The molecule has 1 rings (SSSR count). The maximum atomic E-state index is 12.4. The third kappa shape index (κ3) is 5.46. The number of oxime groups is 1. The Hall–Kier alpha value is -0.840. The summed E-state index contributed by atoms with van der Waals surface area (Å²) in [7, 11) is 0. The summed E-state index contributed by atoms with van der Waals surface area (Å²) in [6.07, 6.45) is 2.51. The zero-order valence-corrected chi connectivity index (χ0v) is 14.4. The van der Waals surface area contributed by atoms with Crippen LogP contribution in [-0.2, 0) is 14.4 Å². The van der Waals surface area contributed by atoms with Gasteiger partial charge >= 0.3 is 0 Å². The normalized spacial score (nSPS) is 25.0. The molecule has 120 valence electrons. The predicted octanol–water partition coefficient (Wildman–Crippen LogP) is 3.49. The molecule has 0 N–H and O–H groups in total. The Labute approximate surface area is 132 Å². The number of Topliss-reactive ketones (excluding diaryl/α,β-unsaturated/α-hetero) is 2. The van der Waals surface area contributed by atoms with Gasteiger partial charge in [0.2, 0.25) is 0 Å². The first kappa shape index (κ1) is 18.2. The van der Waals surface area contributed by atoms with Crippen molar-refractivity contribution in [1.82, 2.24) is 0 Å². The molecule has 0 saturated heterocycles. The summed E-state index contributed by atoms with van der Waals surface area (Å²) in [6, 6.07) is 0. The Bertz CT molecular complexity index is 377. The zero-order valence-electron chi connectivity index (χ0n) is 13.6. The van der Waals surface area contributed by atoms with Gasteiger partial charge in [0.25, 0.3) is 0 Å². The van der Waals surface area contributed by atoms with Crippen LogP contribution in [0.4, 0.5) is 0 Å². The van der Waals surface area contributed by atoms with Crippen LogP contribution in [0.15, 0.2) is 5.16 Å². The largest absolute Gasteiger partial charge is 0.396 e. The molecule has 1 aliphatic carbocycles. The van der Waals surface area contributed by atoms with Crippen LogP contribution in [0.25, 0.3) is 0 Å². The molecule has 0 aromatic carbocycles. The van der Waals surface area contributed by atoms with Crippen LogP contribution in [0.1, 0.15) is 53.4 Å². The molecule has 0 aromatic rings. The summed E-state index contributed by atoms with van der Waals surface area (Å²) in [5.74, 6) is 0.641. The van der Waals surface area contributed by atoms with Gasteiger partial charge in [0.15, 0.2) is 0 Å². The van der Waals surface area contributed by atoms with E-state index in [-0.39, 0.29) is 17.5 Å². The fraction of sp³-hybridized carbons (Fsp3) is 0.812. The molecule has 21 heavy (non-hydrogen) atoms. The van der Waals surface area contributed by atoms with Gasteiger partial charge in [0.05, 0.1) is 5.71 Å². The number of ketones is 2. The molecule has 0 aliphatic heterocycles. The lowest BCUT2D eigenvalue weighted by Crippen LogP contribution is -2.39. The SMILES string of the molecule is CCO/N=C(/CC)C1C(=O)CC(C[C@H](C)SCC)CC1=O. The molecule has 0 spiro atoms. The molecule has 0 bridgehead atoms. The average molecular weight is 313 g/mol. The van der Waals surface area contributed by atoms with Crippen LogP contribution in [0.3, 0.4) is 0 Å². The minimum absolute atomic E-state index is 0.0188. The molecule has 1 fully saturated rings. The highest BCUT2D eigenvalue weighted by molar-refractivity contribution is 7.99. The predicted molar refractivity (Wildman–Crippen MR) is 87.8 cm³/mol. The molecule has 0 aromatic heterocycles. The molecule has 0 unspecified atom stereocenters. The Morgan fingerprint density at radius 2 is 1.90 bits per heavy atom. The third-order valence-corrected chi connectivity index (χ3v) is 4.84. The lowest BCUT2D eigenvalue weighted by Gasteiger charge is -2.28. The van der Waals surface area contributed by atoms with Crippen LogP contribution in [0.5, 0.6) is 0 Å². The topological polar surface area (TPSA) is 55.7 Å². The standard InChI is InChI=1S/C16H27NO3S/c1-5-13(17-20-6-2)16-14(18)9-12(10-15(16)19)8-11(4)21-7-3/h11-12,16H,5-10H2,1-4H3/b17-13-/t11-,12?,16?/m0/s1. The molecule has 4 nitrogen and oxygen atoms in total. The first-order valence-electron chi connectivity index (χ1n) is 7.89. The van der Waals surface area contributed by atoms with Gasteiger partial charge in [0, 0.05) is 18.1 Å². The van der Waals surface area contributed by atoms with Gasteiger partial charge in [-0.15, -0.1) is 0 Å². The van der Waals surface area contributed by atoms with E-state index in [9.17, 15) is 9.59 Å². The Balaban J connectivity index is 2.69. The number of thioether (sulfide) groups is 1. The fourth-order valence-electron chi connectivity index (χ4n) is 2.89. The highest BCUT2D eigenvalue weighted by atomic mass is 32.2. The summed E-state index contributed by atoms with van der Waals surface area (Å²) >= 11 is 1.88. The summed E-state index contributed by atoms with van der Waals surface area (Å²) in [6.45, 7) is 8.50. The van der Waals surface area contributed by atoms with Crippen LogP contribution in [-0.4, -0.2) is 34.9 Å². The van der Waals surface area contributed by atoms with E-state index in [0.717, 1.165) is 12.2 Å². The van der Waals surface area contributed by atoms with E-state index in [1.54, 1.807) is 0 Å². The molecular formula is C16H27NO3S. The van der Waals surface area contributed by atoms with Crippen molar-refractivity contribution in [3.63, 3.8) is 0 Å². The van der Waals surface area contributed by atoms with E-state index >= 15 is 0 Å². The number of carbonyl (C=O) groups is 2. The first-order valence-corrected chi connectivity index (χ1v) is 8.93. The van der Waals surface area contributed by atoms with Gasteiger partial charge in [-0.05, 0) is 31.4 Å². The minimum Gasteiger partial charge on any atom is -0.396 e. The van der Waals surface area contributed by atoms with Crippen molar-refractivity contribution in [2.75, 3.05) is 12.4 Å². The molecule has 5 heteroatoms. The monoisotopic (exact) mass is 313 g/mol. The number of carbonyl (C=O) groups excluding carboxylic acids is 2. The molecule has 1 aliphatic rings. The Kier molecular flexibility index (Phi) is 8.01. The highest BCUT2D eigenvalue weighted by Gasteiger charge is 2.38. The number of hydrogen-bond donors (Lipinski definition) is 0. The second-order valence-corrected chi connectivity index (χ2v) is 7.21. The average Bonchev–Trinajstić information content (AvgIpc) is 2.41. The van der Waals surface area contributed by atoms with Crippen LogP contribution in [0.2, 0.25) is 0 Å². The zero-order chi connectivity index (χ0) is 15.8. The van der Waals surface area contributed by atoms with Gasteiger partial charge in [-0.25, -0.2) is 0 Å². The van der Waals surface area contributed by atoms with E-state index in [1.807, 2.05) is 25.6 Å². The summed E-state index contributed by atoms with van der Waals surface area (Å²) in [5.41, 5.74) is 0.585. The van der Waals surface area contributed by atoms with Crippen LogP contribution < -0.4 is 0 Å². The van der Waals surface area contributed by atoms with Crippen molar-refractivity contribution in [3.8, 4) is 0 Å². The van der Waals surface area contributed by atoms with Gasteiger partial charge in [0.1, 0.15) is 24.1 Å². The highest BCUT2D eigenvalue weighted by Crippen LogP contribution is 2.31. The van der Waals surface area contributed by atoms with Gasteiger partial charge in [-0.1, -0.05) is 25.9 Å². The summed E-state index contributed by atoms with van der Waals surface area (Å²) in [5, 5.41) is 4.47. The minimum atomic E-state index is -0.660. The van der Waals surface area contributed by atoms with Crippen molar-refractivity contribution in [1.29, 1.82) is 0 Å². The van der Waals surface area contributed by atoms with Gasteiger partial charge in [-0.2, -0.15) is 11.8 Å². The quantitative estimate of drug-likeness (QED) is 0.391. The molecular weight excluding hydrogens is 286 g/mol. The van der Waals surface area contributed by atoms with E-state index in [0.29, 0.717) is 36.8 Å². The van der Waals surface area contributed by atoms with E-state index < -0.39 is 5.92 Å². The molecule has 1 atom stereocenters. The molecule has 0 amide bonds. The van der Waals surface area contributed by atoms with Crippen molar-refractivity contribution in [3.05, 3.63) is 0 Å². The third-order valence-electron chi connectivity index (χ3n) is 3.75. The molecule has 0 radical (unpaired) electrons. The Morgan fingerprint density at radius 1 is 1.29 bits per heavy atom. The number of hydrogen-bond acceptors (Lipinski definition) is 5. The molecule has 0 heterocycles. The van der Waals surface area contributed by atoms with Gasteiger partial charge < -0.3 is 4.84 Å². The van der Waals surface area contributed by atoms with E-state index in [2.05, 4.69) is 19.0 Å².